The molecule has 5 nitrogen and oxygen atoms in total. The van der Waals surface area contributed by atoms with Gasteiger partial charge in [0.25, 0.3) is 0 Å². The van der Waals surface area contributed by atoms with Gasteiger partial charge in [-0.05, 0) is 20.8 Å². The first-order chi connectivity index (χ1) is 8.11. The lowest BCUT2D eigenvalue weighted by Crippen LogP contribution is -2.03. The zero-order valence-corrected chi connectivity index (χ0v) is 11.6. The van der Waals surface area contributed by atoms with E-state index in [0.717, 1.165) is 33.1 Å². The van der Waals surface area contributed by atoms with E-state index in [1.54, 1.807) is 0 Å². The minimum atomic E-state index is 0.614. The third kappa shape index (κ3) is 2.58. The summed E-state index contributed by atoms with van der Waals surface area (Å²) in [7, 11) is 0. The molecule has 0 spiro atoms. The van der Waals surface area contributed by atoms with Crippen LogP contribution in [0.15, 0.2) is 0 Å². The summed E-state index contributed by atoms with van der Waals surface area (Å²) < 4.78 is 1.86. The molecule has 0 saturated carbocycles. The Bertz CT molecular complexity index is 519. The monoisotopic (exact) mass is 271 g/mol. The number of aryl methyl sites for hydroxylation is 1. The summed E-state index contributed by atoms with van der Waals surface area (Å²) in [5.41, 5.74) is 1.81. The van der Waals surface area contributed by atoms with Crippen molar-refractivity contribution in [1.29, 1.82) is 0 Å². The van der Waals surface area contributed by atoms with Crippen molar-refractivity contribution in [3.8, 4) is 0 Å². The fraction of sp³-hybridized carbons (Fsp3) is 0.500. The van der Waals surface area contributed by atoms with Gasteiger partial charge in [0.05, 0.1) is 23.0 Å². The minimum absolute atomic E-state index is 0.614. The number of rotatable bonds is 4. The molecule has 7 heteroatoms. The van der Waals surface area contributed by atoms with Crippen LogP contribution >= 0.6 is 22.9 Å². The van der Waals surface area contributed by atoms with E-state index in [9.17, 15) is 0 Å². The Hall–Kier alpha value is -1.14. The van der Waals surface area contributed by atoms with Gasteiger partial charge in [0.1, 0.15) is 5.01 Å². The van der Waals surface area contributed by atoms with E-state index in [1.165, 1.54) is 11.3 Å². The maximum absolute atomic E-state index is 6.09. The number of hydrogen-bond acceptors (Lipinski definition) is 5. The molecule has 0 radical (unpaired) electrons. The van der Waals surface area contributed by atoms with Gasteiger partial charge in [0.15, 0.2) is 0 Å². The van der Waals surface area contributed by atoms with Gasteiger partial charge >= 0.3 is 0 Å². The van der Waals surface area contributed by atoms with Gasteiger partial charge in [-0.25, -0.2) is 0 Å². The van der Waals surface area contributed by atoms with Gasteiger partial charge in [-0.15, -0.1) is 10.2 Å². The second kappa shape index (κ2) is 5.01. The summed E-state index contributed by atoms with van der Waals surface area (Å²) in [6.45, 7) is 7.34. The second-order valence-corrected chi connectivity index (χ2v) is 5.11. The third-order valence-electron chi connectivity index (χ3n) is 2.37. The lowest BCUT2D eigenvalue weighted by atomic mass is 10.4. The maximum Gasteiger partial charge on any atom is 0.205 e. The number of nitrogens with one attached hydrogen (secondary N) is 1. The molecule has 0 fully saturated rings. The summed E-state index contributed by atoms with van der Waals surface area (Å²) in [6, 6.07) is 0. The topological polar surface area (TPSA) is 55.6 Å². The second-order valence-electron chi connectivity index (χ2n) is 3.67. The van der Waals surface area contributed by atoms with Crippen LogP contribution in [-0.4, -0.2) is 26.5 Å². The zero-order chi connectivity index (χ0) is 12.4. The quantitative estimate of drug-likeness (QED) is 0.928. The van der Waals surface area contributed by atoms with Gasteiger partial charge < -0.3 is 5.32 Å². The average molecular weight is 272 g/mol. The van der Waals surface area contributed by atoms with Crippen molar-refractivity contribution >= 4 is 28.1 Å². The summed E-state index contributed by atoms with van der Waals surface area (Å²) in [6.07, 6.45) is 0. The Morgan fingerprint density at radius 3 is 2.71 bits per heavy atom. The molecule has 2 rings (SSSR count). The van der Waals surface area contributed by atoms with Crippen molar-refractivity contribution in [3.63, 3.8) is 0 Å². The van der Waals surface area contributed by atoms with E-state index in [2.05, 4.69) is 20.6 Å². The van der Waals surface area contributed by atoms with E-state index in [4.69, 9.17) is 11.6 Å². The van der Waals surface area contributed by atoms with E-state index < -0.39 is 0 Å². The predicted octanol–water partition coefficient (Wildman–Crippen LogP) is 2.48. The largest absolute Gasteiger partial charge is 0.360 e. The molecule has 0 atom stereocenters. The first-order valence-electron chi connectivity index (χ1n) is 5.37. The van der Waals surface area contributed by atoms with Gasteiger partial charge in [0, 0.05) is 6.54 Å². The van der Waals surface area contributed by atoms with E-state index in [0.29, 0.717) is 6.54 Å². The smallest absolute Gasteiger partial charge is 0.205 e. The molecule has 0 aliphatic carbocycles. The molecular formula is C10H14ClN5S. The molecule has 0 unspecified atom stereocenters. The van der Waals surface area contributed by atoms with Crippen molar-refractivity contribution in [1.82, 2.24) is 20.0 Å². The maximum atomic E-state index is 6.09. The molecule has 1 N–H and O–H groups in total. The van der Waals surface area contributed by atoms with Crippen molar-refractivity contribution in [2.24, 2.45) is 0 Å². The van der Waals surface area contributed by atoms with Crippen LogP contribution in [0.3, 0.4) is 0 Å². The lowest BCUT2D eigenvalue weighted by Gasteiger charge is -1.99. The Balaban J connectivity index is 2.16. The summed E-state index contributed by atoms with van der Waals surface area (Å²) in [5, 5.41) is 18.1. The molecule has 0 amide bonds. The molecule has 0 bridgehead atoms. The number of hydrogen-bond donors (Lipinski definition) is 1. The van der Waals surface area contributed by atoms with Crippen molar-refractivity contribution in [2.45, 2.75) is 27.3 Å². The van der Waals surface area contributed by atoms with Crippen LogP contribution in [0.5, 0.6) is 0 Å². The standard InChI is InChI=1S/C10H14ClN5S/c1-4-12-10-14-13-8(17-10)5-16-7(3)9(11)6(2)15-16/h4-5H2,1-3H3,(H,12,14). The van der Waals surface area contributed by atoms with Crippen LogP contribution in [0.1, 0.15) is 23.3 Å². The van der Waals surface area contributed by atoms with E-state index in [1.807, 2.05) is 25.5 Å². The van der Waals surface area contributed by atoms with Crippen LogP contribution in [0.4, 0.5) is 5.13 Å². The predicted molar refractivity (Wildman–Crippen MR) is 69.9 cm³/mol. The molecular weight excluding hydrogens is 258 g/mol. The molecule has 2 aromatic rings. The van der Waals surface area contributed by atoms with E-state index in [-0.39, 0.29) is 0 Å². The molecule has 0 aliphatic heterocycles. The Labute approximate surface area is 109 Å². The van der Waals surface area contributed by atoms with Gasteiger partial charge in [-0.2, -0.15) is 5.10 Å². The number of halogens is 1. The Morgan fingerprint density at radius 1 is 1.35 bits per heavy atom. The number of aromatic nitrogens is 4. The Kier molecular flexibility index (Phi) is 3.63. The van der Waals surface area contributed by atoms with Crippen LogP contribution in [0, 0.1) is 13.8 Å². The first-order valence-corrected chi connectivity index (χ1v) is 6.57. The normalized spacial score (nSPS) is 10.8. The van der Waals surface area contributed by atoms with Crippen LogP contribution in [0.25, 0.3) is 0 Å². The molecule has 2 heterocycles. The van der Waals surface area contributed by atoms with Crippen molar-refractivity contribution < 1.29 is 0 Å². The highest BCUT2D eigenvalue weighted by molar-refractivity contribution is 7.15. The van der Waals surface area contributed by atoms with Crippen LogP contribution in [0.2, 0.25) is 5.02 Å². The molecule has 2 aromatic heterocycles. The van der Waals surface area contributed by atoms with Crippen molar-refractivity contribution in [2.75, 3.05) is 11.9 Å². The highest BCUT2D eigenvalue weighted by Crippen LogP contribution is 2.21. The molecule has 92 valence electrons. The minimum Gasteiger partial charge on any atom is -0.360 e. The highest BCUT2D eigenvalue weighted by atomic mass is 35.5. The van der Waals surface area contributed by atoms with Gasteiger partial charge in [-0.3, -0.25) is 4.68 Å². The third-order valence-corrected chi connectivity index (χ3v) is 3.79. The number of nitrogens with zero attached hydrogens (tertiary/aromatic N) is 4. The average Bonchev–Trinajstić information content (AvgIpc) is 2.82. The molecule has 0 aliphatic rings. The van der Waals surface area contributed by atoms with Gasteiger partial charge in [-0.1, -0.05) is 22.9 Å². The molecule has 0 aromatic carbocycles. The van der Waals surface area contributed by atoms with Gasteiger partial charge in [0.2, 0.25) is 5.13 Å². The fourth-order valence-corrected chi connectivity index (χ4v) is 2.42. The SMILES string of the molecule is CCNc1nnc(Cn2nc(C)c(Cl)c2C)s1. The Morgan fingerprint density at radius 2 is 2.12 bits per heavy atom. The van der Waals surface area contributed by atoms with E-state index >= 15 is 0 Å². The number of anilines is 1. The summed E-state index contributed by atoms with van der Waals surface area (Å²) >= 11 is 7.63. The first kappa shape index (κ1) is 12.3. The zero-order valence-electron chi connectivity index (χ0n) is 9.99. The van der Waals surface area contributed by atoms with Crippen LogP contribution in [-0.2, 0) is 6.54 Å². The van der Waals surface area contributed by atoms with Crippen molar-refractivity contribution in [3.05, 3.63) is 21.4 Å². The molecule has 17 heavy (non-hydrogen) atoms. The molecule has 0 saturated heterocycles. The summed E-state index contributed by atoms with van der Waals surface area (Å²) in [5.74, 6) is 0. The fourth-order valence-electron chi connectivity index (χ4n) is 1.50. The summed E-state index contributed by atoms with van der Waals surface area (Å²) in [4.78, 5) is 0. The highest BCUT2D eigenvalue weighted by Gasteiger charge is 2.11. The van der Waals surface area contributed by atoms with Crippen LogP contribution < -0.4 is 5.32 Å². The lowest BCUT2D eigenvalue weighted by molar-refractivity contribution is 0.651.